The van der Waals surface area contributed by atoms with Gasteiger partial charge in [0.25, 0.3) is 0 Å². The Bertz CT molecular complexity index is 741. The number of ether oxygens (including phenoxy) is 1. The molecule has 1 heterocycles. The van der Waals surface area contributed by atoms with Crippen LogP contribution < -0.4 is 4.74 Å². The number of phenolic OH excluding ortho intramolecular Hbond substituents is 1. The zero-order chi connectivity index (χ0) is 17.9. The fourth-order valence-corrected chi connectivity index (χ4v) is 6.40. The number of hydrogen-bond donors (Lipinski definition) is 1. The van der Waals surface area contributed by atoms with E-state index in [1.165, 1.54) is 31.4 Å². The summed E-state index contributed by atoms with van der Waals surface area (Å²) in [6.45, 7) is 2.28. The lowest BCUT2D eigenvalue weighted by atomic mass is 9.52. The van der Waals surface area contributed by atoms with Crippen LogP contribution in [0.2, 0.25) is 0 Å². The molecule has 4 aliphatic rings. The van der Waals surface area contributed by atoms with E-state index in [0.717, 1.165) is 37.3 Å². The van der Waals surface area contributed by atoms with Crippen molar-refractivity contribution in [1.29, 1.82) is 0 Å². The molecule has 140 valence electrons. The number of Topliss-reactive ketones (excluding diaryl/α,β-unsaturated/α-hetero) is 1. The zero-order valence-corrected chi connectivity index (χ0v) is 15.7. The van der Waals surface area contributed by atoms with Crippen molar-refractivity contribution in [3.05, 3.63) is 23.3 Å². The van der Waals surface area contributed by atoms with Gasteiger partial charge in [-0.1, -0.05) is 12.5 Å². The van der Waals surface area contributed by atoms with Gasteiger partial charge in [-0.05, 0) is 62.1 Å². The van der Waals surface area contributed by atoms with Gasteiger partial charge >= 0.3 is 0 Å². The number of piperidine rings is 1. The van der Waals surface area contributed by atoms with Gasteiger partial charge in [-0.25, -0.2) is 0 Å². The highest BCUT2D eigenvalue weighted by molar-refractivity contribution is 5.82. The van der Waals surface area contributed by atoms with E-state index >= 15 is 0 Å². The average Bonchev–Trinajstić information content (AvgIpc) is 2.59. The van der Waals surface area contributed by atoms with Crippen LogP contribution >= 0.6 is 0 Å². The lowest BCUT2D eigenvalue weighted by molar-refractivity contribution is -0.127. The number of phenols is 1. The number of carbonyl (C=O) groups is 1. The Morgan fingerprint density at radius 3 is 2.88 bits per heavy atom. The Morgan fingerprint density at radius 2 is 2.15 bits per heavy atom. The summed E-state index contributed by atoms with van der Waals surface area (Å²) in [5, 5.41) is 11.0. The molecule has 0 spiro atoms. The maximum absolute atomic E-state index is 12.5. The van der Waals surface area contributed by atoms with E-state index in [2.05, 4.69) is 11.0 Å². The summed E-state index contributed by atoms with van der Waals surface area (Å²) in [5.74, 6) is 2.56. The Labute approximate surface area is 155 Å². The minimum Gasteiger partial charge on any atom is -0.504 e. The minimum absolute atomic E-state index is 0.178. The molecular weight excluding hydrogens is 326 g/mol. The maximum atomic E-state index is 12.5. The molecule has 5 rings (SSSR count). The summed E-state index contributed by atoms with van der Waals surface area (Å²) in [4.78, 5) is 15.2. The van der Waals surface area contributed by atoms with E-state index in [0.29, 0.717) is 36.3 Å². The molecule has 1 aliphatic heterocycles. The van der Waals surface area contributed by atoms with E-state index in [9.17, 15) is 9.90 Å². The highest BCUT2D eigenvalue weighted by atomic mass is 16.5. The molecule has 3 fully saturated rings. The lowest BCUT2D eigenvalue weighted by Gasteiger charge is -2.59. The highest BCUT2D eigenvalue weighted by Crippen LogP contribution is 2.58. The molecule has 26 heavy (non-hydrogen) atoms. The molecule has 0 amide bonds. The molecule has 1 unspecified atom stereocenters. The molecule has 1 aromatic carbocycles. The van der Waals surface area contributed by atoms with Crippen LogP contribution in [0.3, 0.4) is 0 Å². The molecule has 0 radical (unpaired) electrons. The molecule has 0 aromatic heterocycles. The van der Waals surface area contributed by atoms with Crippen LogP contribution in [0.4, 0.5) is 0 Å². The normalized spacial score (nSPS) is 34.0. The maximum Gasteiger partial charge on any atom is 0.161 e. The van der Waals surface area contributed by atoms with E-state index in [-0.39, 0.29) is 11.2 Å². The molecule has 4 heteroatoms. The number of hydrogen-bond acceptors (Lipinski definition) is 4. The number of ketones is 1. The average molecular weight is 355 g/mol. The predicted octanol–water partition coefficient (Wildman–Crippen LogP) is 3.44. The van der Waals surface area contributed by atoms with Crippen LogP contribution in [0.1, 0.15) is 56.1 Å². The number of benzene rings is 1. The monoisotopic (exact) mass is 355 g/mol. The summed E-state index contributed by atoms with van der Waals surface area (Å²) in [7, 11) is 1.61. The summed E-state index contributed by atoms with van der Waals surface area (Å²) in [5.41, 5.74) is 2.09. The molecule has 2 bridgehead atoms. The fraction of sp³-hybridized carbons (Fsp3) is 0.682. The van der Waals surface area contributed by atoms with E-state index in [1.54, 1.807) is 7.11 Å². The molecule has 3 atom stereocenters. The van der Waals surface area contributed by atoms with Crippen molar-refractivity contribution in [2.75, 3.05) is 20.2 Å². The molecule has 1 N–H and O–H groups in total. The van der Waals surface area contributed by atoms with E-state index in [1.807, 2.05) is 6.07 Å². The Kier molecular flexibility index (Phi) is 3.82. The molecule has 1 aromatic rings. The van der Waals surface area contributed by atoms with Gasteiger partial charge in [-0.15, -0.1) is 0 Å². The second kappa shape index (κ2) is 5.98. The van der Waals surface area contributed by atoms with E-state index < -0.39 is 0 Å². The predicted molar refractivity (Wildman–Crippen MR) is 99.7 cm³/mol. The Hall–Kier alpha value is -1.55. The first-order chi connectivity index (χ1) is 12.6. The van der Waals surface area contributed by atoms with Crippen molar-refractivity contribution in [1.82, 2.24) is 4.90 Å². The van der Waals surface area contributed by atoms with Crippen LogP contribution in [-0.2, 0) is 16.6 Å². The van der Waals surface area contributed by atoms with Crippen molar-refractivity contribution >= 4 is 5.78 Å². The fourth-order valence-electron chi connectivity index (χ4n) is 6.40. The van der Waals surface area contributed by atoms with Crippen molar-refractivity contribution in [3.8, 4) is 11.5 Å². The minimum atomic E-state index is -0.178. The van der Waals surface area contributed by atoms with Crippen molar-refractivity contribution < 1.29 is 14.6 Å². The van der Waals surface area contributed by atoms with Crippen molar-refractivity contribution in [2.45, 2.75) is 62.8 Å². The number of nitrogens with zero attached hydrogens (tertiary/aromatic N) is 1. The second-order valence-electron chi connectivity index (χ2n) is 8.98. The Morgan fingerprint density at radius 1 is 1.31 bits per heavy atom. The summed E-state index contributed by atoms with van der Waals surface area (Å²) in [6, 6.07) is 4.55. The number of rotatable bonds is 3. The van der Waals surface area contributed by atoms with Gasteiger partial charge in [0.2, 0.25) is 0 Å². The molecule has 2 saturated carbocycles. The van der Waals surface area contributed by atoms with Gasteiger partial charge in [-0.3, -0.25) is 9.69 Å². The molecular formula is C22H29NO3. The third kappa shape index (κ3) is 2.27. The quantitative estimate of drug-likeness (QED) is 0.902. The van der Waals surface area contributed by atoms with Gasteiger partial charge in [0, 0.05) is 36.4 Å². The topological polar surface area (TPSA) is 49.8 Å². The van der Waals surface area contributed by atoms with Gasteiger partial charge in [0.15, 0.2) is 11.5 Å². The lowest BCUT2D eigenvalue weighted by Crippen LogP contribution is -2.62. The first-order valence-electron chi connectivity index (χ1n) is 10.3. The standard InChI is InChI=1S/C22H29NO3/c1-26-19-8-5-15-11-18-17-7-6-16(24)12-22(17,20(15)21(19)25)9-10-23(18)13-14-3-2-4-14/h5,8,14,17-18,25H,2-4,6-7,9-13H2,1H3/t17-,18?,22-/m1/s1. The summed E-state index contributed by atoms with van der Waals surface area (Å²) < 4.78 is 5.40. The molecule has 4 nitrogen and oxygen atoms in total. The van der Waals surface area contributed by atoms with Crippen LogP contribution in [0, 0.1) is 11.8 Å². The van der Waals surface area contributed by atoms with Crippen LogP contribution in [0.15, 0.2) is 12.1 Å². The smallest absolute Gasteiger partial charge is 0.161 e. The number of likely N-dealkylation sites (tertiary alicyclic amines) is 1. The summed E-state index contributed by atoms with van der Waals surface area (Å²) in [6.07, 6.45) is 8.42. The van der Waals surface area contributed by atoms with Crippen LogP contribution in [0.5, 0.6) is 11.5 Å². The summed E-state index contributed by atoms with van der Waals surface area (Å²) >= 11 is 0. The largest absolute Gasteiger partial charge is 0.504 e. The first-order valence-corrected chi connectivity index (χ1v) is 10.3. The van der Waals surface area contributed by atoms with Crippen LogP contribution in [-0.4, -0.2) is 42.0 Å². The number of methoxy groups -OCH3 is 1. The van der Waals surface area contributed by atoms with Crippen LogP contribution in [0.25, 0.3) is 0 Å². The van der Waals surface area contributed by atoms with Crippen molar-refractivity contribution in [3.63, 3.8) is 0 Å². The zero-order valence-electron chi connectivity index (χ0n) is 15.7. The number of aromatic hydroxyl groups is 1. The van der Waals surface area contributed by atoms with Gasteiger partial charge < -0.3 is 9.84 Å². The number of fused-ring (bicyclic) bond motifs is 1. The Balaban J connectivity index is 1.59. The molecule has 1 saturated heterocycles. The SMILES string of the molecule is COc1ccc2c(c1O)[C@@]13CCN(CC4CCC4)C(C2)[C@H]1CCC(=O)C3. The number of carbonyl (C=O) groups excluding carboxylic acids is 1. The molecule has 3 aliphatic carbocycles. The second-order valence-corrected chi connectivity index (χ2v) is 8.98. The first kappa shape index (κ1) is 16.6. The van der Waals surface area contributed by atoms with Crippen molar-refractivity contribution in [2.24, 2.45) is 11.8 Å². The van der Waals surface area contributed by atoms with Gasteiger partial charge in [-0.2, -0.15) is 0 Å². The highest BCUT2D eigenvalue weighted by Gasteiger charge is 2.57. The van der Waals surface area contributed by atoms with Gasteiger partial charge in [0.1, 0.15) is 5.78 Å². The third-order valence-electron chi connectivity index (χ3n) is 7.83. The van der Waals surface area contributed by atoms with Gasteiger partial charge in [0.05, 0.1) is 7.11 Å². The van der Waals surface area contributed by atoms with E-state index in [4.69, 9.17) is 4.74 Å². The third-order valence-corrected chi connectivity index (χ3v) is 7.83.